The largest absolute Gasteiger partial charge is 0.353 e. The third kappa shape index (κ3) is 4.32. The lowest BCUT2D eigenvalue weighted by molar-refractivity contribution is -0.129. The van der Waals surface area contributed by atoms with E-state index in [1.165, 1.54) is 0 Å². The molecule has 25 heavy (non-hydrogen) atoms. The van der Waals surface area contributed by atoms with Crippen LogP contribution >= 0.6 is 23.2 Å². The first-order valence-electron chi connectivity index (χ1n) is 8.00. The molecule has 0 saturated carbocycles. The molecule has 3 rings (SSSR count). The minimum Gasteiger partial charge on any atom is -0.353 e. The minimum absolute atomic E-state index is 0.108. The molecular formula is C17H19Cl2N5O. The van der Waals surface area contributed by atoms with E-state index in [0.717, 1.165) is 24.6 Å². The summed E-state index contributed by atoms with van der Waals surface area (Å²) < 4.78 is 0. The van der Waals surface area contributed by atoms with Crippen LogP contribution in [-0.2, 0) is 4.79 Å². The first-order chi connectivity index (χ1) is 11.9. The number of hydrogen-bond donors (Lipinski definition) is 1. The van der Waals surface area contributed by atoms with Gasteiger partial charge in [-0.3, -0.25) is 4.79 Å². The smallest absolute Gasteiger partial charge is 0.229 e. The Morgan fingerprint density at radius 3 is 2.52 bits per heavy atom. The molecule has 0 bridgehead atoms. The number of rotatable bonds is 3. The Bertz CT molecular complexity index is 791. The molecule has 2 heterocycles. The van der Waals surface area contributed by atoms with Crippen molar-refractivity contribution in [1.29, 1.82) is 0 Å². The van der Waals surface area contributed by atoms with E-state index >= 15 is 0 Å². The number of hydrogen-bond acceptors (Lipinski definition) is 5. The second-order valence-corrected chi connectivity index (χ2v) is 6.78. The van der Waals surface area contributed by atoms with Gasteiger partial charge < -0.3 is 15.1 Å². The van der Waals surface area contributed by atoms with E-state index in [4.69, 9.17) is 23.2 Å². The molecule has 1 fully saturated rings. The standard InChI is InChI=1S/C17H19Cl2N5O/c1-11-9-16(24-7-5-23(6-8-24)12(2)25)22-17(20-11)21-15-10-13(18)3-4-14(15)19/h3-4,9-10H,5-8H2,1-2H3,(H,20,21,22). The van der Waals surface area contributed by atoms with Gasteiger partial charge in [0.05, 0.1) is 10.7 Å². The van der Waals surface area contributed by atoms with Gasteiger partial charge in [0.1, 0.15) is 5.82 Å². The molecule has 2 aromatic rings. The Morgan fingerprint density at radius 2 is 1.84 bits per heavy atom. The summed E-state index contributed by atoms with van der Waals surface area (Å²) >= 11 is 12.2. The van der Waals surface area contributed by atoms with Crippen molar-refractivity contribution in [3.05, 3.63) is 40.0 Å². The highest BCUT2D eigenvalue weighted by molar-refractivity contribution is 6.35. The van der Waals surface area contributed by atoms with Crippen LogP contribution in [0.15, 0.2) is 24.3 Å². The van der Waals surface area contributed by atoms with E-state index in [2.05, 4.69) is 20.2 Å². The highest BCUT2D eigenvalue weighted by atomic mass is 35.5. The van der Waals surface area contributed by atoms with E-state index in [9.17, 15) is 4.79 Å². The van der Waals surface area contributed by atoms with E-state index in [1.54, 1.807) is 25.1 Å². The van der Waals surface area contributed by atoms with Crippen molar-refractivity contribution in [2.45, 2.75) is 13.8 Å². The van der Waals surface area contributed by atoms with E-state index < -0.39 is 0 Å². The maximum absolute atomic E-state index is 11.5. The summed E-state index contributed by atoms with van der Waals surface area (Å²) in [5.74, 6) is 1.40. The van der Waals surface area contributed by atoms with Crippen molar-refractivity contribution in [2.24, 2.45) is 0 Å². The zero-order chi connectivity index (χ0) is 18.0. The highest BCUT2D eigenvalue weighted by Gasteiger charge is 2.20. The number of carbonyl (C=O) groups excluding carboxylic acids is 1. The van der Waals surface area contributed by atoms with Crippen molar-refractivity contribution < 1.29 is 4.79 Å². The molecular weight excluding hydrogens is 361 g/mol. The fourth-order valence-corrected chi connectivity index (χ4v) is 3.07. The van der Waals surface area contributed by atoms with Gasteiger partial charge in [-0.15, -0.1) is 0 Å². The summed E-state index contributed by atoms with van der Waals surface area (Å²) in [6.07, 6.45) is 0. The fourth-order valence-electron chi connectivity index (χ4n) is 2.73. The monoisotopic (exact) mass is 379 g/mol. The van der Waals surface area contributed by atoms with Crippen molar-refractivity contribution in [2.75, 3.05) is 36.4 Å². The molecule has 1 saturated heterocycles. The van der Waals surface area contributed by atoms with Crippen LogP contribution in [0.5, 0.6) is 0 Å². The van der Waals surface area contributed by atoms with Gasteiger partial charge in [0, 0.05) is 49.9 Å². The van der Waals surface area contributed by atoms with E-state index in [-0.39, 0.29) is 5.91 Å². The predicted molar refractivity (Wildman–Crippen MR) is 101 cm³/mol. The van der Waals surface area contributed by atoms with Crippen LogP contribution in [0.4, 0.5) is 17.5 Å². The molecule has 1 N–H and O–H groups in total. The number of aromatic nitrogens is 2. The Morgan fingerprint density at radius 1 is 1.12 bits per heavy atom. The Kier molecular flexibility index (Phi) is 5.30. The average Bonchev–Trinajstić information content (AvgIpc) is 2.58. The number of amides is 1. The summed E-state index contributed by atoms with van der Waals surface area (Å²) in [5.41, 5.74) is 1.51. The maximum atomic E-state index is 11.5. The fraction of sp³-hybridized carbons (Fsp3) is 0.353. The van der Waals surface area contributed by atoms with Crippen LogP contribution in [0.25, 0.3) is 0 Å². The average molecular weight is 380 g/mol. The molecule has 1 aliphatic rings. The number of piperazine rings is 1. The van der Waals surface area contributed by atoms with Crippen molar-refractivity contribution in [3.8, 4) is 0 Å². The number of aryl methyl sites for hydroxylation is 1. The van der Waals surface area contributed by atoms with Crippen LogP contribution in [0, 0.1) is 6.92 Å². The predicted octanol–water partition coefficient (Wildman–Crippen LogP) is 3.50. The van der Waals surface area contributed by atoms with Crippen molar-refractivity contribution in [3.63, 3.8) is 0 Å². The second-order valence-electron chi connectivity index (χ2n) is 5.93. The first-order valence-corrected chi connectivity index (χ1v) is 8.76. The summed E-state index contributed by atoms with van der Waals surface area (Å²) in [4.78, 5) is 24.5. The van der Waals surface area contributed by atoms with Gasteiger partial charge in [-0.25, -0.2) is 4.98 Å². The number of benzene rings is 1. The maximum Gasteiger partial charge on any atom is 0.229 e. The van der Waals surface area contributed by atoms with Crippen LogP contribution < -0.4 is 10.2 Å². The molecule has 1 aliphatic heterocycles. The molecule has 0 aliphatic carbocycles. The van der Waals surface area contributed by atoms with Gasteiger partial charge >= 0.3 is 0 Å². The van der Waals surface area contributed by atoms with Gasteiger partial charge in [-0.2, -0.15) is 4.98 Å². The van der Waals surface area contributed by atoms with Crippen LogP contribution in [-0.4, -0.2) is 47.0 Å². The second kappa shape index (κ2) is 7.45. The third-order valence-corrected chi connectivity index (χ3v) is 4.63. The minimum atomic E-state index is 0.108. The summed E-state index contributed by atoms with van der Waals surface area (Å²) in [6.45, 7) is 6.40. The zero-order valence-corrected chi connectivity index (χ0v) is 15.6. The van der Waals surface area contributed by atoms with Crippen molar-refractivity contribution in [1.82, 2.24) is 14.9 Å². The molecule has 0 atom stereocenters. The summed E-state index contributed by atoms with van der Waals surface area (Å²) in [6, 6.07) is 7.13. The lowest BCUT2D eigenvalue weighted by Gasteiger charge is -2.35. The number of carbonyl (C=O) groups is 1. The molecule has 1 amide bonds. The molecule has 1 aromatic heterocycles. The van der Waals surface area contributed by atoms with Crippen molar-refractivity contribution >= 4 is 46.6 Å². The molecule has 0 unspecified atom stereocenters. The summed E-state index contributed by atoms with van der Waals surface area (Å²) in [7, 11) is 0. The van der Waals surface area contributed by atoms with Crippen LogP contribution in [0.1, 0.15) is 12.6 Å². The normalized spacial score (nSPS) is 14.6. The van der Waals surface area contributed by atoms with E-state index in [1.807, 2.05) is 17.9 Å². The quantitative estimate of drug-likeness (QED) is 0.883. The molecule has 8 heteroatoms. The van der Waals surface area contributed by atoms with Crippen LogP contribution in [0.3, 0.4) is 0 Å². The Hall–Kier alpha value is -2.05. The van der Waals surface area contributed by atoms with Gasteiger partial charge in [0.25, 0.3) is 0 Å². The number of nitrogens with one attached hydrogen (secondary N) is 1. The Balaban J connectivity index is 1.79. The van der Waals surface area contributed by atoms with E-state index in [0.29, 0.717) is 34.8 Å². The van der Waals surface area contributed by atoms with Gasteiger partial charge in [0.2, 0.25) is 11.9 Å². The lowest BCUT2D eigenvalue weighted by Crippen LogP contribution is -2.48. The van der Waals surface area contributed by atoms with Gasteiger partial charge in [-0.1, -0.05) is 23.2 Å². The first kappa shape index (κ1) is 17.8. The van der Waals surface area contributed by atoms with Crippen LogP contribution in [0.2, 0.25) is 10.0 Å². The third-order valence-electron chi connectivity index (χ3n) is 4.06. The summed E-state index contributed by atoms with van der Waals surface area (Å²) in [5, 5.41) is 4.26. The molecule has 0 radical (unpaired) electrons. The number of nitrogens with zero attached hydrogens (tertiary/aromatic N) is 4. The molecule has 6 nitrogen and oxygen atoms in total. The molecule has 1 aromatic carbocycles. The highest BCUT2D eigenvalue weighted by Crippen LogP contribution is 2.28. The van der Waals surface area contributed by atoms with Gasteiger partial charge in [-0.05, 0) is 25.1 Å². The Labute approximate surface area is 156 Å². The number of anilines is 3. The number of halogens is 2. The molecule has 132 valence electrons. The SMILES string of the molecule is CC(=O)N1CCN(c2cc(C)nc(Nc3cc(Cl)ccc3Cl)n2)CC1. The topological polar surface area (TPSA) is 61.4 Å². The molecule has 0 spiro atoms. The lowest BCUT2D eigenvalue weighted by atomic mass is 10.3. The zero-order valence-electron chi connectivity index (χ0n) is 14.1. The van der Waals surface area contributed by atoms with Gasteiger partial charge in [0.15, 0.2) is 0 Å².